The van der Waals surface area contributed by atoms with Crippen LogP contribution in [0.4, 0.5) is 0 Å². The number of aromatic nitrogens is 1. The predicted molar refractivity (Wildman–Crippen MR) is 138 cm³/mol. The molecule has 4 rings (SSSR count). The zero-order valence-electron chi connectivity index (χ0n) is 21.0. The molecule has 5 nitrogen and oxygen atoms in total. The third kappa shape index (κ3) is 6.49. The number of aliphatic hydroxyl groups excluding tert-OH is 1. The van der Waals surface area contributed by atoms with Crippen LogP contribution >= 0.6 is 0 Å². The maximum absolute atomic E-state index is 12.9. The molecule has 1 aliphatic heterocycles. The van der Waals surface area contributed by atoms with Crippen LogP contribution < -0.4 is 4.74 Å². The molecule has 0 bridgehead atoms. The molecule has 0 radical (unpaired) electrons. The second kappa shape index (κ2) is 11.0. The first-order valence-electron chi connectivity index (χ1n) is 12.5. The number of nitrogens with zero attached hydrogens (tertiary/aromatic N) is 2. The number of ether oxygens (including phenoxy) is 1. The molecule has 3 aromatic rings. The summed E-state index contributed by atoms with van der Waals surface area (Å²) in [4.78, 5) is 18.6. The molecule has 2 aromatic carbocycles. The Morgan fingerprint density at radius 3 is 2.46 bits per heavy atom. The van der Waals surface area contributed by atoms with E-state index in [0.717, 1.165) is 29.7 Å². The number of benzene rings is 2. The van der Waals surface area contributed by atoms with E-state index in [0.29, 0.717) is 31.8 Å². The van der Waals surface area contributed by atoms with Gasteiger partial charge in [0, 0.05) is 44.7 Å². The van der Waals surface area contributed by atoms with Gasteiger partial charge in [0.05, 0.1) is 6.61 Å². The molecule has 1 N–H and O–H groups in total. The molecule has 5 heteroatoms. The number of hydrogen-bond donors (Lipinski definition) is 1. The van der Waals surface area contributed by atoms with E-state index < -0.39 is 0 Å². The number of rotatable bonds is 10. The van der Waals surface area contributed by atoms with Gasteiger partial charge in [-0.2, -0.15) is 0 Å². The van der Waals surface area contributed by atoms with Gasteiger partial charge >= 0.3 is 0 Å². The average Bonchev–Trinajstić information content (AvgIpc) is 3.18. The molecule has 0 aliphatic carbocycles. The quantitative estimate of drug-likeness (QED) is 0.446. The second-order valence-corrected chi connectivity index (χ2v) is 10.1. The minimum atomic E-state index is -0.265. The van der Waals surface area contributed by atoms with E-state index in [4.69, 9.17) is 4.74 Å². The molecular weight excluding hydrogens is 436 g/mol. The summed E-state index contributed by atoms with van der Waals surface area (Å²) < 4.78 is 6.39. The molecule has 0 unspecified atom stereocenters. The normalized spacial score (nSPS) is 16.7. The van der Waals surface area contributed by atoms with Crippen LogP contribution in [0.2, 0.25) is 0 Å². The van der Waals surface area contributed by atoms with E-state index in [1.54, 1.807) is 17.3 Å². The first-order valence-corrected chi connectivity index (χ1v) is 12.5. The summed E-state index contributed by atoms with van der Waals surface area (Å²) in [6.07, 6.45) is 6.23. The highest BCUT2D eigenvalue weighted by atomic mass is 16.5. The molecule has 1 aliphatic rings. The van der Waals surface area contributed by atoms with Crippen LogP contribution in [0.25, 0.3) is 0 Å². The Hall–Kier alpha value is -3.18. The average molecular weight is 473 g/mol. The van der Waals surface area contributed by atoms with E-state index in [2.05, 4.69) is 62.2 Å². The van der Waals surface area contributed by atoms with Gasteiger partial charge in [0.15, 0.2) is 0 Å². The van der Waals surface area contributed by atoms with Crippen molar-refractivity contribution < 1.29 is 14.6 Å². The van der Waals surface area contributed by atoms with Crippen LogP contribution in [0, 0.1) is 0 Å². The van der Waals surface area contributed by atoms with Crippen molar-refractivity contribution in [1.29, 1.82) is 0 Å². The van der Waals surface area contributed by atoms with Gasteiger partial charge in [0.25, 0.3) is 0 Å². The Labute approximate surface area is 208 Å². The third-order valence-electron chi connectivity index (χ3n) is 6.74. The molecule has 2 heterocycles. The topological polar surface area (TPSA) is 62.7 Å². The van der Waals surface area contributed by atoms with Crippen molar-refractivity contribution in [2.45, 2.75) is 64.5 Å². The van der Waals surface area contributed by atoms with Crippen LogP contribution in [0.5, 0.6) is 5.75 Å². The van der Waals surface area contributed by atoms with E-state index in [1.165, 1.54) is 16.7 Å². The molecule has 0 fully saturated rings. The van der Waals surface area contributed by atoms with Crippen molar-refractivity contribution in [3.05, 3.63) is 94.8 Å². The molecule has 1 amide bonds. The summed E-state index contributed by atoms with van der Waals surface area (Å²) in [6.45, 7) is 7.36. The second-order valence-electron chi connectivity index (χ2n) is 10.1. The zero-order valence-corrected chi connectivity index (χ0v) is 21.0. The highest BCUT2D eigenvalue weighted by molar-refractivity contribution is 5.76. The van der Waals surface area contributed by atoms with Crippen molar-refractivity contribution in [3.63, 3.8) is 0 Å². The summed E-state index contributed by atoms with van der Waals surface area (Å²) >= 11 is 0. The number of fused-ring (bicyclic) bond motifs is 1. The summed E-state index contributed by atoms with van der Waals surface area (Å²) in [5.41, 5.74) is 5.73. The largest absolute Gasteiger partial charge is 0.487 e. The standard InChI is InChI=1S/C30H36N2O3/c1-22(2)26-8-4-24(5-9-26)19-30(3)20-27-18-23(6-10-28(27)35-30)7-11-29(34)32(16-17-33)21-25-12-14-31-15-13-25/h4-6,8-10,12-15,18,22,33H,7,11,16-17,19-21H2,1-3H3/t30-/m1/s1. The lowest BCUT2D eigenvalue weighted by molar-refractivity contribution is -0.132. The van der Waals surface area contributed by atoms with Gasteiger partial charge in [0.1, 0.15) is 11.4 Å². The number of aryl methyl sites for hydroxylation is 1. The number of hydrogen-bond acceptors (Lipinski definition) is 4. The number of pyridine rings is 1. The van der Waals surface area contributed by atoms with Crippen LogP contribution in [-0.4, -0.2) is 39.7 Å². The van der Waals surface area contributed by atoms with E-state index >= 15 is 0 Å². The number of carbonyl (C=O) groups excluding carboxylic acids is 1. The number of aliphatic hydroxyl groups is 1. The maximum atomic E-state index is 12.9. The minimum Gasteiger partial charge on any atom is -0.487 e. The summed E-state index contributed by atoms with van der Waals surface area (Å²) in [5, 5.41) is 9.43. The molecule has 35 heavy (non-hydrogen) atoms. The van der Waals surface area contributed by atoms with Gasteiger partial charge in [-0.15, -0.1) is 0 Å². The van der Waals surface area contributed by atoms with Gasteiger partial charge in [-0.1, -0.05) is 50.2 Å². The van der Waals surface area contributed by atoms with Crippen LogP contribution in [0.3, 0.4) is 0 Å². The Morgan fingerprint density at radius 1 is 1.06 bits per heavy atom. The lowest BCUT2D eigenvalue weighted by atomic mass is 9.90. The fourth-order valence-corrected chi connectivity index (χ4v) is 4.81. The Morgan fingerprint density at radius 2 is 1.77 bits per heavy atom. The highest BCUT2D eigenvalue weighted by Gasteiger charge is 2.35. The van der Waals surface area contributed by atoms with Gasteiger partial charge < -0.3 is 14.7 Å². The van der Waals surface area contributed by atoms with Gasteiger partial charge in [-0.05, 0) is 65.3 Å². The maximum Gasteiger partial charge on any atom is 0.223 e. The van der Waals surface area contributed by atoms with Gasteiger partial charge in [-0.3, -0.25) is 9.78 Å². The molecular formula is C30H36N2O3. The number of amides is 1. The molecule has 1 aromatic heterocycles. The molecule has 184 valence electrons. The van der Waals surface area contributed by atoms with Crippen molar-refractivity contribution in [2.24, 2.45) is 0 Å². The summed E-state index contributed by atoms with van der Waals surface area (Å²) in [7, 11) is 0. The van der Waals surface area contributed by atoms with Gasteiger partial charge in [-0.25, -0.2) is 0 Å². The Bertz CT molecular complexity index is 1130. The molecule has 0 saturated carbocycles. The van der Waals surface area contributed by atoms with Crippen LogP contribution in [0.15, 0.2) is 67.0 Å². The minimum absolute atomic E-state index is 0.0438. The van der Waals surface area contributed by atoms with Gasteiger partial charge in [0.2, 0.25) is 5.91 Å². The van der Waals surface area contributed by atoms with Crippen LogP contribution in [-0.2, 0) is 30.6 Å². The van der Waals surface area contributed by atoms with E-state index in [1.807, 2.05) is 18.2 Å². The molecule has 1 atom stereocenters. The SMILES string of the molecule is CC(C)c1ccc(C[C@]2(C)Cc3cc(CCC(=O)N(CCO)Cc4ccncc4)ccc3O2)cc1. The first kappa shape index (κ1) is 24.9. The van der Waals surface area contributed by atoms with Crippen molar-refractivity contribution >= 4 is 5.91 Å². The van der Waals surface area contributed by atoms with E-state index in [-0.39, 0.29) is 18.1 Å². The fraction of sp³-hybridized carbons (Fsp3) is 0.400. The molecule has 0 spiro atoms. The van der Waals surface area contributed by atoms with Crippen molar-refractivity contribution in [3.8, 4) is 5.75 Å². The third-order valence-corrected chi connectivity index (χ3v) is 6.74. The lowest BCUT2D eigenvalue weighted by Crippen LogP contribution is -2.33. The van der Waals surface area contributed by atoms with E-state index in [9.17, 15) is 9.90 Å². The smallest absolute Gasteiger partial charge is 0.223 e. The monoisotopic (exact) mass is 472 g/mol. The summed E-state index contributed by atoms with van der Waals surface area (Å²) in [5.74, 6) is 1.52. The van der Waals surface area contributed by atoms with Crippen molar-refractivity contribution in [2.75, 3.05) is 13.2 Å². The predicted octanol–water partition coefficient (Wildman–Crippen LogP) is 5.10. The van der Waals surface area contributed by atoms with Crippen LogP contribution in [0.1, 0.15) is 60.9 Å². The fourth-order valence-electron chi connectivity index (χ4n) is 4.81. The Balaban J connectivity index is 1.35. The lowest BCUT2D eigenvalue weighted by Gasteiger charge is -2.24. The summed E-state index contributed by atoms with van der Waals surface area (Å²) in [6, 6.07) is 19.0. The Kier molecular flexibility index (Phi) is 7.86. The highest BCUT2D eigenvalue weighted by Crippen LogP contribution is 2.37. The number of carbonyl (C=O) groups is 1. The zero-order chi connectivity index (χ0) is 24.8. The first-order chi connectivity index (χ1) is 16.8. The van der Waals surface area contributed by atoms with Crippen molar-refractivity contribution in [1.82, 2.24) is 9.88 Å². The molecule has 0 saturated heterocycles.